The van der Waals surface area contributed by atoms with Crippen molar-refractivity contribution < 1.29 is 37.0 Å². The molecule has 0 aliphatic carbocycles. The quantitative estimate of drug-likeness (QED) is 0.599. The van der Waals surface area contributed by atoms with E-state index in [0.29, 0.717) is 17.2 Å². The monoisotopic (exact) mass is 407 g/mol. The Kier molecular flexibility index (Phi) is 5.76. The molecule has 0 saturated carbocycles. The summed E-state index contributed by atoms with van der Waals surface area (Å²) in [5.41, 5.74) is -0.222. The second-order valence-corrected chi connectivity index (χ2v) is 6.09. The van der Waals surface area contributed by atoms with E-state index in [2.05, 4.69) is 5.32 Å². The highest BCUT2D eigenvalue weighted by Gasteiger charge is 2.30. The molecule has 2 aromatic carbocycles. The van der Waals surface area contributed by atoms with Crippen LogP contribution in [0.4, 0.5) is 18.9 Å². The summed E-state index contributed by atoms with van der Waals surface area (Å²) < 4.78 is 53.5. The highest BCUT2D eigenvalue weighted by molar-refractivity contribution is 5.96. The van der Waals surface area contributed by atoms with Gasteiger partial charge in [-0.2, -0.15) is 13.2 Å². The number of anilines is 1. The minimum atomic E-state index is -4.48. The number of carbonyl (C=O) groups excluding carboxylic acids is 2. The molecule has 1 aliphatic heterocycles. The largest absolute Gasteiger partial charge is 0.454 e. The van der Waals surface area contributed by atoms with Gasteiger partial charge in [0, 0.05) is 17.8 Å². The zero-order valence-electron chi connectivity index (χ0n) is 15.2. The Bertz CT molecular complexity index is 955. The van der Waals surface area contributed by atoms with Gasteiger partial charge < -0.3 is 19.5 Å². The average molecular weight is 407 g/mol. The van der Waals surface area contributed by atoms with Gasteiger partial charge in [-0.15, -0.1) is 0 Å². The average Bonchev–Trinajstić information content (AvgIpc) is 3.13. The molecule has 0 saturated heterocycles. The molecule has 1 atom stereocenters. The Balaban J connectivity index is 1.56. The van der Waals surface area contributed by atoms with Gasteiger partial charge in [0.1, 0.15) is 0 Å². The van der Waals surface area contributed by atoms with Crippen LogP contribution in [0, 0.1) is 0 Å². The lowest BCUT2D eigenvalue weighted by Crippen LogP contribution is -2.29. The third-order valence-electron chi connectivity index (χ3n) is 3.93. The first kappa shape index (κ1) is 20.2. The lowest BCUT2D eigenvalue weighted by molar-refractivity contribution is -0.148. The van der Waals surface area contributed by atoms with Crippen molar-refractivity contribution in [2.45, 2.75) is 19.2 Å². The van der Waals surface area contributed by atoms with E-state index in [1.165, 1.54) is 25.1 Å². The Morgan fingerprint density at radius 1 is 1.14 bits per heavy atom. The van der Waals surface area contributed by atoms with Crippen LogP contribution in [0.1, 0.15) is 18.1 Å². The van der Waals surface area contributed by atoms with Crippen LogP contribution in [0.15, 0.2) is 48.5 Å². The predicted octanol–water partition coefficient (Wildman–Crippen LogP) is 4.02. The summed E-state index contributed by atoms with van der Waals surface area (Å²) in [6.45, 7) is 1.47. The molecule has 2 aromatic rings. The van der Waals surface area contributed by atoms with E-state index >= 15 is 0 Å². The van der Waals surface area contributed by atoms with Gasteiger partial charge in [-0.05, 0) is 42.8 Å². The molecule has 1 N–H and O–H groups in total. The third kappa shape index (κ3) is 5.28. The molecule has 1 aliphatic rings. The van der Waals surface area contributed by atoms with Gasteiger partial charge in [-0.25, -0.2) is 4.79 Å². The van der Waals surface area contributed by atoms with Gasteiger partial charge in [0.15, 0.2) is 17.6 Å². The predicted molar refractivity (Wildman–Crippen MR) is 97.2 cm³/mol. The summed E-state index contributed by atoms with van der Waals surface area (Å²) in [7, 11) is 0. The Morgan fingerprint density at radius 3 is 2.66 bits per heavy atom. The van der Waals surface area contributed by atoms with Crippen LogP contribution in [0.2, 0.25) is 0 Å². The van der Waals surface area contributed by atoms with Crippen molar-refractivity contribution in [2.75, 3.05) is 12.1 Å². The number of ether oxygens (including phenoxy) is 3. The van der Waals surface area contributed by atoms with Crippen LogP contribution in [0.25, 0.3) is 6.08 Å². The fraction of sp³-hybridized carbons (Fsp3) is 0.200. The zero-order valence-corrected chi connectivity index (χ0v) is 15.2. The molecule has 152 valence electrons. The smallest absolute Gasteiger partial charge is 0.416 e. The number of benzene rings is 2. The highest BCUT2D eigenvalue weighted by atomic mass is 19.4. The summed E-state index contributed by atoms with van der Waals surface area (Å²) in [5.74, 6) is -0.404. The van der Waals surface area contributed by atoms with Crippen molar-refractivity contribution in [3.05, 3.63) is 59.7 Å². The molecular weight excluding hydrogens is 391 g/mol. The van der Waals surface area contributed by atoms with E-state index in [9.17, 15) is 22.8 Å². The fourth-order valence-corrected chi connectivity index (χ4v) is 2.47. The van der Waals surface area contributed by atoms with Crippen molar-refractivity contribution in [1.29, 1.82) is 0 Å². The first-order valence-electron chi connectivity index (χ1n) is 8.49. The molecule has 6 nitrogen and oxygen atoms in total. The Hall–Kier alpha value is -3.49. The maximum atomic E-state index is 12.7. The third-order valence-corrected chi connectivity index (χ3v) is 3.93. The fourth-order valence-electron chi connectivity index (χ4n) is 2.47. The molecule has 9 heteroatoms. The summed E-state index contributed by atoms with van der Waals surface area (Å²) in [6.07, 6.45) is -3.47. The number of rotatable bonds is 5. The van der Waals surface area contributed by atoms with Gasteiger partial charge in [0.05, 0.1) is 5.56 Å². The van der Waals surface area contributed by atoms with E-state index in [4.69, 9.17) is 14.2 Å². The van der Waals surface area contributed by atoms with Crippen LogP contribution in [0.5, 0.6) is 11.5 Å². The molecular formula is C20H16F3NO5. The van der Waals surface area contributed by atoms with E-state index in [1.54, 1.807) is 18.2 Å². The molecule has 3 rings (SSSR count). The topological polar surface area (TPSA) is 73.9 Å². The summed E-state index contributed by atoms with van der Waals surface area (Å²) in [4.78, 5) is 24.0. The van der Waals surface area contributed by atoms with Crippen molar-refractivity contribution in [2.24, 2.45) is 0 Å². The molecule has 1 amide bonds. The molecule has 29 heavy (non-hydrogen) atoms. The Morgan fingerprint density at radius 2 is 1.90 bits per heavy atom. The summed E-state index contributed by atoms with van der Waals surface area (Å²) >= 11 is 0. The normalized spacial score (nSPS) is 13.9. The highest BCUT2D eigenvalue weighted by Crippen LogP contribution is 2.34. The van der Waals surface area contributed by atoms with E-state index in [0.717, 1.165) is 18.2 Å². The number of halogens is 3. The second-order valence-electron chi connectivity index (χ2n) is 6.09. The second kappa shape index (κ2) is 8.26. The lowest BCUT2D eigenvalue weighted by Gasteiger charge is -2.12. The van der Waals surface area contributed by atoms with Gasteiger partial charge in [-0.1, -0.05) is 12.1 Å². The number of esters is 1. The minimum Gasteiger partial charge on any atom is -0.454 e. The molecule has 0 aromatic heterocycles. The molecule has 0 bridgehead atoms. The summed E-state index contributed by atoms with van der Waals surface area (Å²) in [5, 5.41) is 2.57. The van der Waals surface area contributed by atoms with Crippen molar-refractivity contribution in [1.82, 2.24) is 0 Å². The molecule has 0 unspecified atom stereocenters. The van der Waals surface area contributed by atoms with Crippen LogP contribution in [-0.4, -0.2) is 24.8 Å². The number of amides is 1. The van der Waals surface area contributed by atoms with Crippen molar-refractivity contribution >= 4 is 23.6 Å². The number of hydrogen-bond donors (Lipinski definition) is 1. The number of nitrogens with one attached hydrogen (secondary N) is 1. The van der Waals surface area contributed by atoms with Crippen molar-refractivity contribution in [3.8, 4) is 11.5 Å². The van der Waals surface area contributed by atoms with Crippen LogP contribution >= 0.6 is 0 Å². The first-order chi connectivity index (χ1) is 13.7. The Labute approximate surface area is 163 Å². The maximum absolute atomic E-state index is 12.7. The first-order valence-corrected chi connectivity index (χ1v) is 8.49. The SMILES string of the molecule is C[C@H](OC(=O)/C=C/c1cccc(C(F)(F)F)c1)C(=O)Nc1ccc2c(c1)OCO2. The number of carbonyl (C=O) groups is 2. The van der Waals surface area contributed by atoms with Gasteiger partial charge in [-0.3, -0.25) is 4.79 Å². The van der Waals surface area contributed by atoms with Gasteiger partial charge >= 0.3 is 12.1 Å². The number of hydrogen-bond acceptors (Lipinski definition) is 5. The molecule has 0 radical (unpaired) electrons. The standard InChI is InChI=1S/C20H16F3NO5/c1-12(19(26)24-15-6-7-16-17(10-15)28-11-27-16)29-18(25)8-5-13-3-2-4-14(9-13)20(21,22)23/h2-10,12H,11H2,1H3,(H,24,26)/b8-5+/t12-/m0/s1. The molecule has 0 fully saturated rings. The van der Waals surface area contributed by atoms with Crippen LogP contribution in [-0.2, 0) is 20.5 Å². The maximum Gasteiger partial charge on any atom is 0.416 e. The minimum absolute atomic E-state index is 0.0962. The molecule has 0 spiro atoms. The zero-order chi connectivity index (χ0) is 21.0. The molecule has 1 heterocycles. The van der Waals surface area contributed by atoms with Crippen molar-refractivity contribution in [3.63, 3.8) is 0 Å². The number of fused-ring (bicyclic) bond motifs is 1. The van der Waals surface area contributed by atoms with E-state index < -0.39 is 29.7 Å². The van der Waals surface area contributed by atoms with Gasteiger partial charge in [0.25, 0.3) is 5.91 Å². The number of alkyl halides is 3. The lowest BCUT2D eigenvalue weighted by atomic mass is 10.1. The van der Waals surface area contributed by atoms with E-state index in [-0.39, 0.29) is 12.4 Å². The van der Waals surface area contributed by atoms with Gasteiger partial charge in [0.2, 0.25) is 6.79 Å². The van der Waals surface area contributed by atoms with Crippen LogP contribution in [0.3, 0.4) is 0 Å². The van der Waals surface area contributed by atoms with Crippen LogP contribution < -0.4 is 14.8 Å². The van der Waals surface area contributed by atoms with E-state index in [1.807, 2.05) is 0 Å². The summed E-state index contributed by atoms with van der Waals surface area (Å²) in [6, 6.07) is 9.28.